The fraction of sp³-hybridized carbons (Fsp3) is 0.421. The summed E-state index contributed by atoms with van der Waals surface area (Å²) < 4.78 is 1.38. The lowest BCUT2D eigenvalue weighted by atomic mass is 9.90. The van der Waals surface area contributed by atoms with Crippen LogP contribution in [-0.2, 0) is 30.1 Å². The summed E-state index contributed by atoms with van der Waals surface area (Å²) in [5, 5.41) is 7.55. The van der Waals surface area contributed by atoms with Crippen LogP contribution in [0.1, 0.15) is 36.1 Å². The number of carbonyl (C=O) groups excluding carboxylic acids is 1. The van der Waals surface area contributed by atoms with Crippen LogP contribution in [0.2, 0.25) is 0 Å². The van der Waals surface area contributed by atoms with Crippen LogP contribution in [-0.4, -0.2) is 21.7 Å². The maximum atomic E-state index is 12.8. The van der Waals surface area contributed by atoms with Gasteiger partial charge in [0.2, 0.25) is 5.91 Å². The molecule has 2 aliphatic rings. The molecule has 1 aromatic carbocycles. The minimum absolute atomic E-state index is 0.0834. The number of nitrogens with one attached hydrogen (secondary N) is 1. The van der Waals surface area contributed by atoms with Gasteiger partial charge in [-0.3, -0.25) is 9.59 Å². The van der Waals surface area contributed by atoms with Crippen molar-refractivity contribution in [2.75, 3.05) is 0 Å². The molecule has 1 atom stereocenters. The fourth-order valence-corrected chi connectivity index (χ4v) is 3.66. The fourth-order valence-electron chi connectivity index (χ4n) is 3.66. The minimum Gasteiger partial charge on any atom is -0.352 e. The van der Waals surface area contributed by atoms with Crippen molar-refractivity contribution in [3.8, 4) is 0 Å². The second-order valence-electron chi connectivity index (χ2n) is 6.94. The third-order valence-electron chi connectivity index (χ3n) is 5.30. The molecule has 2 aromatic rings. The van der Waals surface area contributed by atoms with Crippen LogP contribution in [0.25, 0.3) is 0 Å². The van der Waals surface area contributed by atoms with Crippen LogP contribution < -0.4 is 10.9 Å². The van der Waals surface area contributed by atoms with Gasteiger partial charge in [-0.15, -0.1) is 0 Å². The van der Waals surface area contributed by atoms with E-state index in [9.17, 15) is 9.59 Å². The summed E-state index contributed by atoms with van der Waals surface area (Å²) in [5.41, 5.74) is 2.62. The van der Waals surface area contributed by atoms with E-state index in [1.165, 1.54) is 4.68 Å². The highest BCUT2D eigenvalue weighted by Crippen LogP contribution is 2.48. The first-order valence-electron chi connectivity index (χ1n) is 8.51. The SMILES string of the molecule is Cn1nc2c(cc1=O)C[C@H](NC(=O)C1(c3ccccc3)CC1)CC2. The Balaban J connectivity index is 1.50. The molecule has 4 rings (SSSR count). The Morgan fingerprint density at radius 2 is 2.04 bits per heavy atom. The van der Waals surface area contributed by atoms with E-state index in [4.69, 9.17) is 0 Å². The monoisotopic (exact) mass is 323 g/mol. The number of aromatic nitrogens is 2. The topological polar surface area (TPSA) is 64.0 Å². The molecular formula is C19H21N3O2. The van der Waals surface area contributed by atoms with Gasteiger partial charge in [-0.25, -0.2) is 4.68 Å². The number of hydrogen-bond acceptors (Lipinski definition) is 3. The molecule has 5 heteroatoms. The highest BCUT2D eigenvalue weighted by Gasteiger charge is 2.51. The summed E-state index contributed by atoms with van der Waals surface area (Å²) >= 11 is 0. The van der Waals surface area contributed by atoms with Crippen molar-refractivity contribution >= 4 is 5.91 Å². The maximum absolute atomic E-state index is 12.8. The predicted molar refractivity (Wildman–Crippen MR) is 90.8 cm³/mol. The maximum Gasteiger partial charge on any atom is 0.266 e. The number of carbonyl (C=O) groups is 1. The summed E-state index contributed by atoms with van der Waals surface area (Å²) in [6, 6.07) is 11.8. The van der Waals surface area contributed by atoms with Gasteiger partial charge in [-0.1, -0.05) is 30.3 Å². The Bertz CT molecular complexity index is 837. The van der Waals surface area contributed by atoms with Gasteiger partial charge in [0.05, 0.1) is 11.1 Å². The summed E-state index contributed by atoms with van der Waals surface area (Å²) in [7, 11) is 1.67. The number of nitrogens with zero attached hydrogens (tertiary/aromatic N) is 2. The zero-order valence-electron chi connectivity index (χ0n) is 13.8. The molecule has 1 fully saturated rings. The molecule has 2 aliphatic carbocycles. The van der Waals surface area contributed by atoms with E-state index in [1.54, 1.807) is 13.1 Å². The Kier molecular flexibility index (Phi) is 3.52. The Hall–Kier alpha value is -2.43. The van der Waals surface area contributed by atoms with Crippen molar-refractivity contribution in [1.29, 1.82) is 0 Å². The molecule has 1 heterocycles. The summed E-state index contributed by atoms with van der Waals surface area (Å²) in [6.45, 7) is 0. The van der Waals surface area contributed by atoms with Gasteiger partial charge < -0.3 is 5.32 Å². The van der Waals surface area contributed by atoms with E-state index in [-0.39, 0.29) is 22.9 Å². The number of rotatable bonds is 3. The number of aryl methyl sites for hydroxylation is 2. The molecule has 0 saturated heterocycles. The zero-order chi connectivity index (χ0) is 16.7. The zero-order valence-corrected chi connectivity index (χ0v) is 13.8. The molecule has 0 aliphatic heterocycles. The molecule has 0 unspecified atom stereocenters. The highest BCUT2D eigenvalue weighted by molar-refractivity contribution is 5.91. The Morgan fingerprint density at radius 1 is 1.29 bits per heavy atom. The first-order chi connectivity index (χ1) is 11.6. The summed E-state index contributed by atoms with van der Waals surface area (Å²) in [4.78, 5) is 24.6. The number of hydrogen-bond donors (Lipinski definition) is 1. The van der Waals surface area contributed by atoms with Crippen LogP contribution in [0.5, 0.6) is 0 Å². The van der Waals surface area contributed by atoms with Gasteiger partial charge in [-0.2, -0.15) is 5.10 Å². The molecule has 0 radical (unpaired) electrons. The van der Waals surface area contributed by atoms with Crippen molar-refractivity contribution < 1.29 is 4.79 Å². The standard InChI is InChI=1S/C19H21N3O2/c1-22-17(23)12-13-11-15(7-8-16(13)21-22)20-18(24)19(9-10-19)14-5-3-2-4-6-14/h2-6,12,15H,7-11H2,1H3,(H,20,24)/t15-/m1/s1. The minimum atomic E-state index is -0.341. The van der Waals surface area contributed by atoms with Gasteiger partial charge >= 0.3 is 0 Å². The molecule has 0 spiro atoms. The van der Waals surface area contributed by atoms with Crippen LogP contribution >= 0.6 is 0 Å². The molecular weight excluding hydrogens is 302 g/mol. The lowest BCUT2D eigenvalue weighted by molar-refractivity contribution is -0.124. The third kappa shape index (κ3) is 2.54. The number of fused-ring (bicyclic) bond motifs is 1. The second kappa shape index (κ2) is 5.58. The van der Waals surface area contributed by atoms with Crippen molar-refractivity contribution in [2.24, 2.45) is 7.05 Å². The Labute approximate surface area is 140 Å². The Morgan fingerprint density at radius 3 is 2.75 bits per heavy atom. The average Bonchev–Trinajstić information content (AvgIpc) is 3.39. The quantitative estimate of drug-likeness (QED) is 0.931. The molecule has 1 amide bonds. The molecule has 5 nitrogen and oxygen atoms in total. The van der Waals surface area contributed by atoms with E-state index in [1.807, 2.05) is 30.3 Å². The lowest BCUT2D eigenvalue weighted by Crippen LogP contribution is -2.44. The van der Waals surface area contributed by atoms with E-state index < -0.39 is 0 Å². The summed E-state index contributed by atoms with van der Waals surface area (Å²) in [5.74, 6) is 0.124. The average molecular weight is 323 g/mol. The van der Waals surface area contributed by atoms with Crippen molar-refractivity contribution in [3.63, 3.8) is 0 Å². The third-order valence-corrected chi connectivity index (χ3v) is 5.30. The van der Waals surface area contributed by atoms with Crippen LogP contribution in [0.3, 0.4) is 0 Å². The first-order valence-corrected chi connectivity index (χ1v) is 8.51. The normalized spacial score (nSPS) is 21.0. The molecule has 0 bridgehead atoms. The van der Waals surface area contributed by atoms with Crippen LogP contribution in [0, 0.1) is 0 Å². The van der Waals surface area contributed by atoms with E-state index in [2.05, 4.69) is 10.4 Å². The van der Waals surface area contributed by atoms with E-state index in [0.717, 1.165) is 42.5 Å². The van der Waals surface area contributed by atoms with E-state index in [0.29, 0.717) is 6.42 Å². The largest absolute Gasteiger partial charge is 0.352 e. The smallest absolute Gasteiger partial charge is 0.266 e. The molecule has 1 aromatic heterocycles. The van der Waals surface area contributed by atoms with Crippen molar-refractivity contribution in [2.45, 2.75) is 43.6 Å². The lowest BCUT2D eigenvalue weighted by Gasteiger charge is -2.27. The molecule has 124 valence electrons. The molecule has 1 saturated carbocycles. The number of amides is 1. The van der Waals surface area contributed by atoms with Crippen molar-refractivity contribution in [3.05, 3.63) is 63.6 Å². The molecule has 1 N–H and O–H groups in total. The van der Waals surface area contributed by atoms with Gasteiger partial charge in [0, 0.05) is 19.2 Å². The number of benzene rings is 1. The molecule has 24 heavy (non-hydrogen) atoms. The van der Waals surface area contributed by atoms with Gasteiger partial charge in [0.15, 0.2) is 0 Å². The highest BCUT2D eigenvalue weighted by atomic mass is 16.2. The second-order valence-corrected chi connectivity index (χ2v) is 6.94. The van der Waals surface area contributed by atoms with Gasteiger partial charge in [0.1, 0.15) is 0 Å². The van der Waals surface area contributed by atoms with Gasteiger partial charge in [0.25, 0.3) is 5.56 Å². The van der Waals surface area contributed by atoms with Crippen LogP contribution in [0.4, 0.5) is 0 Å². The summed E-state index contributed by atoms with van der Waals surface area (Å²) in [6.07, 6.45) is 4.18. The van der Waals surface area contributed by atoms with Crippen LogP contribution in [0.15, 0.2) is 41.2 Å². The van der Waals surface area contributed by atoms with E-state index >= 15 is 0 Å². The first kappa shape index (κ1) is 15.1. The predicted octanol–water partition coefficient (Wildman–Crippen LogP) is 1.49. The van der Waals surface area contributed by atoms with Gasteiger partial charge in [-0.05, 0) is 43.2 Å². The van der Waals surface area contributed by atoms with Crippen molar-refractivity contribution in [1.82, 2.24) is 15.1 Å².